The molecular weight excluding hydrogens is 462 g/mol. The summed E-state index contributed by atoms with van der Waals surface area (Å²) >= 11 is 0. The Hall–Kier alpha value is -3.38. The minimum atomic E-state index is -0.478. The molecule has 6 nitrogen and oxygen atoms in total. The van der Waals surface area contributed by atoms with Crippen LogP contribution >= 0.6 is 0 Å². The molecular formula is C31H39N3O3. The monoisotopic (exact) mass is 501 g/mol. The number of hydrogen-bond acceptors (Lipinski definition) is 5. The summed E-state index contributed by atoms with van der Waals surface area (Å²) in [6.07, 6.45) is 6.29. The first kappa shape index (κ1) is 26.7. The first-order valence-electron chi connectivity index (χ1n) is 13.1. The molecule has 196 valence electrons. The molecule has 0 saturated carbocycles. The van der Waals surface area contributed by atoms with E-state index in [0.29, 0.717) is 13.2 Å². The van der Waals surface area contributed by atoms with Crippen LogP contribution in [0, 0.1) is 0 Å². The van der Waals surface area contributed by atoms with Gasteiger partial charge in [-0.1, -0.05) is 54.6 Å². The van der Waals surface area contributed by atoms with Crippen molar-refractivity contribution in [3.05, 3.63) is 95.3 Å². The van der Waals surface area contributed by atoms with E-state index >= 15 is 0 Å². The van der Waals surface area contributed by atoms with E-state index in [9.17, 15) is 4.79 Å². The number of likely N-dealkylation sites (tertiary alicyclic amines) is 1. The van der Waals surface area contributed by atoms with Crippen LogP contribution in [0.15, 0.2) is 73.1 Å². The number of pyridine rings is 1. The highest BCUT2D eigenvalue weighted by atomic mass is 16.6. The molecule has 2 aromatic carbocycles. The number of nitrogens with zero attached hydrogens (tertiary/aromatic N) is 3. The Bertz CT molecular complexity index is 1160. The first-order valence-corrected chi connectivity index (χ1v) is 13.1. The molecule has 6 heteroatoms. The summed E-state index contributed by atoms with van der Waals surface area (Å²) in [5.74, 6) is 0. The lowest BCUT2D eigenvalue weighted by molar-refractivity contribution is -0.00358. The average Bonchev–Trinajstić information content (AvgIpc) is 2.84. The maximum Gasteiger partial charge on any atom is 0.410 e. The van der Waals surface area contributed by atoms with Crippen LogP contribution in [0.2, 0.25) is 0 Å². The van der Waals surface area contributed by atoms with Crippen LogP contribution in [0.25, 0.3) is 0 Å². The van der Waals surface area contributed by atoms with Crippen molar-refractivity contribution in [1.82, 2.24) is 9.88 Å². The predicted molar refractivity (Wildman–Crippen MR) is 148 cm³/mol. The Balaban J connectivity index is 1.29. The van der Waals surface area contributed by atoms with Crippen LogP contribution in [0.1, 0.15) is 49.4 Å². The number of carbonyl (C=O) groups excluding carboxylic acids is 1. The van der Waals surface area contributed by atoms with Crippen molar-refractivity contribution in [3.8, 4) is 0 Å². The molecule has 1 fully saturated rings. The highest BCUT2D eigenvalue weighted by Gasteiger charge is 2.35. The van der Waals surface area contributed by atoms with Crippen molar-refractivity contribution in [2.24, 2.45) is 0 Å². The standard InChI is InChI=1S/C31H39N3O3/c1-31(2,3)37-30(35)34-15-13-28(34)22-33(4)29-19-27(20-32-21-29)18-26-12-8-11-24(17-26)14-16-36-23-25-9-6-5-7-10-25/h5-12,17,19-21,28H,13-16,18,22-23H2,1-4H3. The van der Waals surface area contributed by atoms with Crippen LogP contribution in [-0.2, 0) is 28.9 Å². The van der Waals surface area contributed by atoms with Gasteiger partial charge in [0.2, 0.25) is 0 Å². The molecule has 2 heterocycles. The molecule has 1 saturated heterocycles. The lowest BCUT2D eigenvalue weighted by Crippen LogP contribution is -2.56. The number of benzene rings is 2. The largest absolute Gasteiger partial charge is 0.444 e. The lowest BCUT2D eigenvalue weighted by atomic mass is 10.0. The summed E-state index contributed by atoms with van der Waals surface area (Å²) < 4.78 is 11.4. The fourth-order valence-electron chi connectivity index (χ4n) is 4.48. The Labute approximate surface area is 221 Å². The zero-order valence-electron chi connectivity index (χ0n) is 22.5. The van der Waals surface area contributed by atoms with E-state index in [1.54, 1.807) is 0 Å². The van der Waals surface area contributed by atoms with Gasteiger partial charge in [-0.2, -0.15) is 0 Å². The summed E-state index contributed by atoms with van der Waals surface area (Å²) in [7, 11) is 2.06. The van der Waals surface area contributed by atoms with E-state index < -0.39 is 5.60 Å². The molecule has 0 bridgehead atoms. The number of carbonyl (C=O) groups is 1. The minimum absolute atomic E-state index is 0.157. The third kappa shape index (κ3) is 8.05. The fourth-order valence-corrected chi connectivity index (χ4v) is 4.48. The quantitative estimate of drug-likeness (QED) is 0.325. The number of rotatable bonds is 10. The van der Waals surface area contributed by atoms with E-state index in [1.165, 1.54) is 22.3 Å². The lowest BCUT2D eigenvalue weighted by Gasteiger charge is -2.43. The van der Waals surface area contributed by atoms with Gasteiger partial charge in [0.25, 0.3) is 0 Å². The van der Waals surface area contributed by atoms with Gasteiger partial charge in [0.05, 0.1) is 31.1 Å². The van der Waals surface area contributed by atoms with Gasteiger partial charge >= 0.3 is 6.09 Å². The topological polar surface area (TPSA) is 54.9 Å². The Morgan fingerprint density at radius 3 is 2.49 bits per heavy atom. The van der Waals surface area contributed by atoms with Crippen LogP contribution < -0.4 is 4.90 Å². The van der Waals surface area contributed by atoms with Crippen LogP contribution in [0.3, 0.4) is 0 Å². The maximum atomic E-state index is 12.5. The van der Waals surface area contributed by atoms with Crippen molar-refractivity contribution in [2.75, 3.05) is 31.6 Å². The van der Waals surface area contributed by atoms with Gasteiger partial charge in [0.1, 0.15) is 5.60 Å². The van der Waals surface area contributed by atoms with Crippen molar-refractivity contribution in [3.63, 3.8) is 0 Å². The molecule has 0 aliphatic carbocycles. The molecule has 1 unspecified atom stereocenters. The Morgan fingerprint density at radius 1 is 1.00 bits per heavy atom. The minimum Gasteiger partial charge on any atom is -0.444 e. The van der Waals surface area contributed by atoms with Crippen molar-refractivity contribution in [1.29, 1.82) is 0 Å². The van der Waals surface area contributed by atoms with E-state index in [-0.39, 0.29) is 12.1 Å². The highest BCUT2D eigenvalue weighted by Crippen LogP contribution is 2.24. The number of amides is 1. The van der Waals surface area contributed by atoms with Crippen LogP contribution in [-0.4, -0.2) is 54.4 Å². The first-order chi connectivity index (χ1) is 17.8. The van der Waals surface area contributed by atoms with Gasteiger partial charge < -0.3 is 19.3 Å². The molecule has 0 spiro atoms. The average molecular weight is 502 g/mol. The second-order valence-corrected chi connectivity index (χ2v) is 10.8. The molecule has 1 aliphatic heterocycles. The predicted octanol–water partition coefficient (Wildman–Crippen LogP) is 5.88. The Kier molecular flexibility index (Phi) is 8.82. The highest BCUT2D eigenvalue weighted by molar-refractivity contribution is 5.69. The number of aromatic nitrogens is 1. The maximum absolute atomic E-state index is 12.5. The second kappa shape index (κ2) is 12.2. The Morgan fingerprint density at radius 2 is 1.76 bits per heavy atom. The second-order valence-electron chi connectivity index (χ2n) is 10.8. The summed E-state index contributed by atoms with van der Waals surface area (Å²) in [4.78, 5) is 21.0. The van der Waals surface area contributed by atoms with Gasteiger partial charge in [0, 0.05) is 26.3 Å². The molecule has 3 aromatic rings. The van der Waals surface area contributed by atoms with Crippen molar-refractivity contribution < 1.29 is 14.3 Å². The molecule has 1 aliphatic rings. The summed E-state index contributed by atoms with van der Waals surface area (Å²) in [5, 5.41) is 0. The van der Waals surface area contributed by atoms with Crippen LogP contribution in [0.5, 0.6) is 0 Å². The molecule has 0 radical (unpaired) electrons. The summed E-state index contributed by atoms with van der Waals surface area (Å²) in [5.41, 5.74) is 5.48. The third-order valence-electron chi connectivity index (χ3n) is 6.52. The zero-order valence-corrected chi connectivity index (χ0v) is 22.5. The molecule has 4 rings (SSSR count). The molecule has 0 N–H and O–H groups in total. The SMILES string of the molecule is CN(CC1CCN1C(=O)OC(C)(C)C)c1cncc(Cc2cccc(CCOCc3ccccc3)c2)c1. The third-order valence-corrected chi connectivity index (χ3v) is 6.52. The normalized spacial score (nSPS) is 15.2. The smallest absolute Gasteiger partial charge is 0.410 e. The van der Waals surface area contributed by atoms with Gasteiger partial charge in [-0.3, -0.25) is 4.98 Å². The van der Waals surface area contributed by atoms with Gasteiger partial charge in [-0.05, 0) is 68.4 Å². The van der Waals surface area contributed by atoms with Crippen molar-refractivity contribution >= 4 is 11.8 Å². The molecule has 37 heavy (non-hydrogen) atoms. The van der Waals surface area contributed by atoms with Gasteiger partial charge in [0.15, 0.2) is 0 Å². The molecule has 1 aromatic heterocycles. The number of hydrogen-bond donors (Lipinski definition) is 0. The summed E-state index contributed by atoms with van der Waals surface area (Å²) in [6.45, 7) is 8.54. The van der Waals surface area contributed by atoms with E-state index in [0.717, 1.165) is 38.0 Å². The van der Waals surface area contributed by atoms with E-state index in [1.807, 2.05) is 56.3 Å². The van der Waals surface area contributed by atoms with Gasteiger partial charge in [-0.15, -0.1) is 0 Å². The fraction of sp³-hybridized carbons (Fsp3) is 0.419. The van der Waals surface area contributed by atoms with Crippen LogP contribution in [0.4, 0.5) is 10.5 Å². The zero-order chi connectivity index (χ0) is 26.3. The number of anilines is 1. The molecule has 1 amide bonds. The molecule has 1 atom stereocenters. The van der Waals surface area contributed by atoms with Crippen molar-refractivity contribution in [2.45, 2.75) is 58.3 Å². The van der Waals surface area contributed by atoms with E-state index in [4.69, 9.17) is 9.47 Å². The van der Waals surface area contributed by atoms with E-state index in [2.05, 4.69) is 59.4 Å². The number of ether oxygens (including phenoxy) is 2. The number of likely N-dealkylation sites (N-methyl/N-ethyl adjacent to an activating group) is 1. The van der Waals surface area contributed by atoms with Gasteiger partial charge in [-0.25, -0.2) is 4.79 Å². The summed E-state index contributed by atoms with van der Waals surface area (Å²) in [6, 6.07) is 21.3.